The van der Waals surface area contributed by atoms with E-state index in [1.807, 2.05) is 13.0 Å². The van der Waals surface area contributed by atoms with E-state index in [2.05, 4.69) is 34.5 Å². The molecule has 1 aliphatic heterocycles. The molecule has 0 bridgehead atoms. The monoisotopic (exact) mass is 301 g/mol. The third kappa shape index (κ3) is 3.27. The molecule has 2 fully saturated rings. The molecule has 0 radical (unpaired) electrons. The Hall–Kier alpha value is -1.55. The maximum absolute atomic E-state index is 12.6. The second-order valence-electron chi connectivity index (χ2n) is 7.08. The summed E-state index contributed by atoms with van der Waals surface area (Å²) in [5.74, 6) is 0.122. The zero-order valence-corrected chi connectivity index (χ0v) is 13.4. The van der Waals surface area contributed by atoms with E-state index in [-0.39, 0.29) is 23.4 Å². The first-order chi connectivity index (χ1) is 10.6. The van der Waals surface area contributed by atoms with Crippen LogP contribution in [0.3, 0.4) is 0 Å². The van der Waals surface area contributed by atoms with Crippen molar-refractivity contribution in [2.75, 3.05) is 18.0 Å². The van der Waals surface area contributed by atoms with E-state index >= 15 is 0 Å². The zero-order chi connectivity index (χ0) is 15.6. The molecular formula is C18H27N3O. The highest BCUT2D eigenvalue weighted by Crippen LogP contribution is 2.32. The molecule has 3 atom stereocenters. The van der Waals surface area contributed by atoms with E-state index < -0.39 is 0 Å². The van der Waals surface area contributed by atoms with Crippen LogP contribution in [-0.4, -0.2) is 30.6 Å². The van der Waals surface area contributed by atoms with Crippen molar-refractivity contribution in [3.63, 3.8) is 0 Å². The highest BCUT2D eigenvalue weighted by Gasteiger charge is 2.38. The van der Waals surface area contributed by atoms with Gasteiger partial charge in [0.15, 0.2) is 0 Å². The van der Waals surface area contributed by atoms with Crippen LogP contribution >= 0.6 is 0 Å². The van der Waals surface area contributed by atoms with Crippen LogP contribution in [0.1, 0.15) is 39.0 Å². The lowest BCUT2D eigenvalue weighted by Crippen LogP contribution is -2.54. The smallest absolute Gasteiger partial charge is 0.225 e. The second-order valence-corrected chi connectivity index (χ2v) is 7.08. The number of carbonyl (C=O) groups excluding carboxylic acids is 1. The molecule has 22 heavy (non-hydrogen) atoms. The normalized spacial score (nSPS) is 32.0. The van der Waals surface area contributed by atoms with Crippen LogP contribution in [0.4, 0.5) is 5.69 Å². The third-order valence-corrected chi connectivity index (χ3v) is 5.23. The molecule has 1 aromatic carbocycles. The molecule has 1 saturated carbocycles. The number of nitrogens with two attached hydrogens (primary N) is 1. The van der Waals surface area contributed by atoms with E-state index in [9.17, 15) is 4.79 Å². The van der Waals surface area contributed by atoms with Crippen molar-refractivity contribution >= 4 is 11.6 Å². The molecule has 120 valence electrons. The highest BCUT2D eigenvalue weighted by atomic mass is 16.2. The van der Waals surface area contributed by atoms with Gasteiger partial charge in [-0.25, -0.2) is 0 Å². The molecule has 1 aromatic rings. The Morgan fingerprint density at radius 2 is 2.05 bits per heavy atom. The van der Waals surface area contributed by atoms with E-state index in [1.165, 1.54) is 5.69 Å². The van der Waals surface area contributed by atoms with Crippen molar-refractivity contribution in [3.8, 4) is 0 Å². The van der Waals surface area contributed by atoms with Gasteiger partial charge in [0.2, 0.25) is 5.91 Å². The number of carbonyl (C=O) groups is 1. The molecule has 1 amide bonds. The number of nitrogens with one attached hydrogen (secondary N) is 1. The van der Waals surface area contributed by atoms with Gasteiger partial charge in [0.25, 0.3) is 0 Å². The predicted octanol–water partition coefficient (Wildman–Crippen LogP) is 2.29. The Kier molecular flexibility index (Phi) is 4.39. The van der Waals surface area contributed by atoms with Crippen molar-refractivity contribution in [1.29, 1.82) is 0 Å². The van der Waals surface area contributed by atoms with E-state index in [1.54, 1.807) is 0 Å². The summed E-state index contributed by atoms with van der Waals surface area (Å²) in [5.41, 5.74) is 7.23. The average molecular weight is 301 g/mol. The van der Waals surface area contributed by atoms with Crippen molar-refractivity contribution in [2.24, 2.45) is 11.7 Å². The van der Waals surface area contributed by atoms with E-state index in [4.69, 9.17) is 5.73 Å². The van der Waals surface area contributed by atoms with Crippen LogP contribution in [0.15, 0.2) is 30.3 Å². The Labute approximate surface area is 133 Å². The lowest BCUT2D eigenvalue weighted by Gasteiger charge is -2.37. The Balaban J connectivity index is 1.57. The molecule has 1 heterocycles. The van der Waals surface area contributed by atoms with Gasteiger partial charge in [-0.05, 0) is 38.3 Å². The summed E-state index contributed by atoms with van der Waals surface area (Å²) in [6.07, 6.45) is 5.14. The molecule has 0 spiro atoms. The Morgan fingerprint density at radius 1 is 1.27 bits per heavy atom. The second kappa shape index (κ2) is 6.29. The molecule has 3 N–H and O–H groups in total. The lowest BCUT2D eigenvalue weighted by atomic mass is 9.74. The fourth-order valence-corrected chi connectivity index (χ4v) is 3.84. The number of para-hydroxylation sites is 1. The molecule has 4 nitrogen and oxygen atoms in total. The first-order valence-corrected chi connectivity index (χ1v) is 8.45. The minimum atomic E-state index is -0.347. The molecule has 1 aliphatic carbocycles. The van der Waals surface area contributed by atoms with Gasteiger partial charge >= 0.3 is 0 Å². The first-order valence-electron chi connectivity index (χ1n) is 8.45. The maximum atomic E-state index is 12.6. The number of hydrogen-bond donors (Lipinski definition) is 2. The topological polar surface area (TPSA) is 58.4 Å². The minimum Gasteiger partial charge on any atom is -0.369 e. The number of anilines is 1. The van der Waals surface area contributed by atoms with Crippen LogP contribution in [0, 0.1) is 5.92 Å². The fourth-order valence-electron chi connectivity index (χ4n) is 3.84. The molecule has 3 unspecified atom stereocenters. The Bertz CT molecular complexity index is 514. The van der Waals surface area contributed by atoms with Gasteiger partial charge in [0.1, 0.15) is 0 Å². The summed E-state index contributed by atoms with van der Waals surface area (Å²) in [5, 5.41) is 3.24. The SMILES string of the molecule is CC1(N)CCCCC1C(=O)NC1CCN(c2ccccc2)C1. The van der Waals surface area contributed by atoms with Gasteiger partial charge in [-0.3, -0.25) is 4.79 Å². The van der Waals surface area contributed by atoms with Crippen molar-refractivity contribution in [2.45, 2.75) is 50.6 Å². The minimum absolute atomic E-state index is 0.0352. The first kappa shape index (κ1) is 15.3. The highest BCUT2D eigenvalue weighted by molar-refractivity contribution is 5.80. The van der Waals surface area contributed by atoms with Gasteiger partial charge in [0, 0.05) is 30.4 Å². The number of benzene rings is 1. The van der Waals surface area contributed by atoms with Gasteiger partial charge in [-0.1, -0.05) is 31.0 Å². The van der Waals surface area contributed by atoms with Crippen molar-refractivity contribution in [3.05, 3.63) is 30.3 Å². The Morgan fingerprint density at radius 3 is 2.77 bits per heavy atom. The van der Waals surface area contributed by atoms with Crippen LogP contribution in [0.25, 0.3) is 0 Å². The van der Waals surface area contributed by atoms with Crippen LogP contribution in [0.5, 0.6) is 0 Å². The number of amides is 1. The van der Waals surface area contributed by atoms with E-state index in [0.29, 0.717) is 0 Å². The quantitative estimate of drug-likeness (QED) is 0.900. The van der Waals surface area contributed by atoms with Crippen molar-refractivity contribution < 1.29 is 4.79 Å². The summed E-state index contributed by atoms with van der Waals surface area (Å²) < 4.78 is 0. The molecule has 0 aromatic heterocycles. The third-order valence-electron chi connectivity index (χ3n) is 5.23. The lowest BCUT2D eigenvalue weighted by molar-refractivity contribution is -0.128. The number of hydrogen-bond acceptors (Lipinski definition) is 3. The summed E-state index contributed by atoms with van der Waals surface area (Å²) in [6.45, 7) is 3.92. The van der Waals surface area contributed by atoms with Gasteiger partial charge in [0.05, 0.1) is 5.92 Å². The van der Waals surface area contributed by atoms with Gasteiger partial charge in [-0.15, -0.1) is 0 Å². The van der Waals surface area contributed by atoms with Crippen LogP contribution in [0.2, 0.25) is 0 Å². The summed E-state index contributed by atoms with van der Waals surface area (Å²) >= 11 is 0. The average Bonchev–Trinajstić information content (AvgIpc) is 2.96. The largest absolute Gasteiger partial charge is 0.369 e. The molecule has 1 saturated heterocycles. The maximum Gasteiger partial charge on any atom is 0.225 e. The summed E-state index contributed by atoms with van der Waals surface area (Å²) in [6, 6.07) is 10.6. The summed E-state index contributed by atoms with van der Waals surface area (Å²) in [4.78, 5) is 14.9. The number of rotatable bonds is 3. The van der Waals surface area contributed by atoms with Gasteiger partial charge in [-0.2, -0.15) is 0 Å². The van der Waals surface area contributed by atoms with Crippen LogP contribution in [-0.2, 0) is 4.79 Å². The fraction of sp³-hybridized carbons (Fsp3) is 0.611. The molecular weight excluding hydrogens is 274 g/mol. The predicted molar refractivity (Wildman–Crippen MR) is 89.8 cm³/mol. The molecule has 4 heteroatoms. The standard InChI is InChI=1S/C18H27N3O/c1-18(19)11-6-5-9-16(18)17(22)20-14-10-12-21(13-14)15-7-3-2-4-8-15/h2-4,7-8,14,16H,5-6,9-13,19H2,1H3,(H,20,22). The van der Waals surface area contributed by atoms with Crippen molar-refractivity contribution in [1.82, 2.24) is 5.32 Å². The van der Waals surface area contributed by atoms with Crippen LogP contribution < -0.4 is 16.0 Å². The molecule has 2 aliphatic rings. The number of nitrogens with zero attached hydrogens (tertiary/aromatic N) is 1. The summed E-state index contributed by atoms with van der Waals surface area (Å²) in [7, 11) is 0. The van der Waals surface area contributed by atoms with E-state index in [0.717, 1.165) is 45.2 Å². The molecule has 3 rings (SSSR count). The zero-order valence-electron chi connectivity index (χ0n) is 13.4. The van der Waals surface area contributed by atoms with Gasteiger partial charge < -0.3 is 16.0 Å².